The van der Waals surface area contributed by atoms with Gasteiger partial charge in [0.05, 0.1) is 17.9 Å². The number of hydrogen-bond acceptors (Lipinski definition) is 4. The molecule has 2 aromatic rings. The highest BCUT2D eigenvalue weighted by molar-refractivity contribution is 5.91. The SMILES string of the molecule is C[C@H]1CNCCN1CC(=O)Nc1cc(C2CC2)nn1-c1ccccc1. The Hall–Kier alpha value is -2.18. The fraction of sp³-hybridized carbons (Fsp3) is 0.474. The molecule has 0 spiro atoms. The second-order valence-corrected chi connectivity index (χ2v) is 7.05. The molecule has 1 aromatic carbocycles. The summed E-state index contributed by atoms with van der Waals surface area (Å²) in [6.07, 6.45) is 2.38. The van der Waals surface area contributed by atoms with Crippen LogP contribution in [0.25, 0.3) is 5.69 Å². The Morgan fingerprint density at radius 2 is 2.12 bits per heavy atom. The maximum Gasteiger partial charge on any atom is 0.239 e. The first kappa shape index (κ1) is 16.3. The van der Waals surface area contributed by atoms with Crippen molar-refractivity contribution >= 4 is 11.7 Å². The van der Waals surface area contributed by atoms with Gasteiger partial charge < -0.3 is 10.6 Å². The van der Waals surface area contributed by atoms with Gasteiger partial charge in [0.25, 0.3) is 0 Å². The first-order valence-corrected chi connectivity index (χ1v) is 9.11. The first-order valence-electron chi connectivity index (χ1n) is 9.11. The molecule has 2 N–H and O–H groups in total. The van der Waals surface area contributed by atoms with Gasteiger partial charge in [-0.1, -0.05) is 18.2 Å². The number of nitrogens with zero attached hydrogens (tertiary/aromatic N) is 3. The number of benzene rings is 1. The van der Waals surface area contributed by atoms with Gasteiger partial charge in [0.15, 0.2) is 0 Å². The van der Waals surface area contributed by atoms with E-state index in [9.17, 15) is 4.79 Å². The Kier molecular flexibility index (Phi) is 4.55. The summed E-state index contributed by atoms with van der Waals surface area (Å²) in [6.45, 7) is 5.34. The number of carbonyl (C=O) groups is 1. The molecule has 1 saturated heterocycles. The number of carbonyl (C=O) groups excluding carboxylic acids is 1. The molecule has 132 valence electrons. The molecule has 1 aromatic heterocycles. The Balaban J connectivity index is 1.52. The number of hydrogen-bond donors (Lipinski definition) is 2. The van der Waals surface area contributed by atoms with Crippen molar-refractivity contribution in [1.82, 2.24) is 20.0 Å². The van der Waals surface area contributed by atoms with Crippen molar-refractivity contribution in [3.63, 3.8) is 0 Å². The van der Waals surface area contributed by atoms with Crippen LogP contribution in [0.15, 0.2) is 36.4 Å². The normalized spacial score (nSPS) is 21.2. The monoisotopic (exact) mass is 339 g/mol. The van der Waals surface area contributed by atoms with Crippen LogP contribution in [0.2, 0.25) is 0 Å². The van der Waals surface area contributed by atoms with Crippen molar-refractivity contribution in [2.75, 3.05) is 31.5 Å². The van der Waals surface area contributed by atoms with Crippen molar-refractivity contribution in [3.05, 3.63) is 42.1 Å². The number of amides is 1. The van der Waals surface area contributed by atoms with Crippen molar-refractivity contribution in [3.8, 4) is 5.69 Å². The topological polar surface area (TPSA) is 62.2 Å². The average molecular weight is 339 g/mol. The van der Waals surface area contributed by atoms with E-state index in [1.807, 2.05) is 41.1 Å². The summed E-state index contributed by atoms with van der Waals surface area (Å²) in [4.78, 5) is 14.8. The minimum Gasteiger partial charge on any atom is -0.314 e. The average Bonchev–Trinajstić information content (AvgIpc) is 3.39. The van der Waals surface area contributed by atoms with Crippen LogP contribution in [0, 0.1) is 0 Å². The van der Waals surface area contributed by atoms with Crippen molar-refractivity contribution < 1.29 is 4.79 Å². The third-order valence-electron chi connectivity index (χ3n) is 4.98. The zero-order valence-corrected chi connectivity index (χ0v) is 14.6. The van der Waals surface area contributed by atoms with E-state index in [4.69, 9.17) is 5.10 Å². The highest BCUT2D eigenvalue weighted by Crippen LogP contribution is 2.40. The lowest BCUT2D eigenvalue weighted by Crippen LogP contribution is -2.52. The molecule has 1 amide bonds. The zero-order chi connectivity index (χ0) is 17.2. The van der Waals surface area contributed by atoms with Crippen LogP contribution >= 0.6 is 0 Å². The minimum absolute atomic E-state index is 0.0215. The van der Waals surface area contributed by atoms with E-state index in [0.29, 0.717) is 18.5 Å². The maximum atomic E-state index is 12.6. The highest BCUT2D eigenvalue weighted by Gasteiger charge is 2.28. The van der Waals surface area contributed by atoms with Gasteiger partial charge in [-0.2, -0.15) is 5.10 Å². The van der Waals surface area contributed by atoms with Crippen LogP contribution in [0.4, 0.5) is 5.82 Å². The summed E-state index contributed by atoms with van der Waals surface area (Å²) in [5.74, 6) is 1.34. The van der Waals surface area contributed by atoms with E-state index in [1.165, 1.54) is 12.8 Å². The molecule has 6 nitrogen and oxygen atoms in total. The molecule has 2 heterocycles. The smallest absolute Gasteiger partial charge is 0.239 e. The highest BCUT2D eigenvalue weighted by atomic mass is 16.2. The lowest BCUT2D eigenvalue weighted by atomic mass is 10.2. The van der Waals surface area contributed by atoms with Crippen molar-refractivity contribution in [1.29, 1.82) is 0 Å². The molecule has 25 heavy (non-hydrogen) atoms. The predicted octanol–water partition coefficient (Wildman–Crippen LogP) is 1.98. The Morgan fingerprint density at radius 1 is 1.32 bits per heavy atom. The van der Waals surface area contributed by atoms with E-state index in [1.54, 1.807) is 0 Å². The summed E-state index contributed by atoms with van der Waals surface area (Å²) in [5.41, 5.74) is 2.05. The standard InChI is InChI=1S/C19H25N5O/c1-14-12-20-9-10-23(14)13-19(25)21-18-11-17(15-7-8-15)22-24(18)16-5-3-2-4-6-16/h2-6,11,14-15,20H,7-10,12-13H2,1H3,(H,21,25)/t14-/m0/s1. The molecule has 4 rings (SSSR count). The van der Waals surface area contributed by atoms with E-state index in [2.05, 4.69) is 22.5 Å². The van der Waals surface area contributed by atoms with Gasteiger partial charge in [0.1, 0.15) is 5.82 Å². The number of aromatic nitrogens is 2. The molecule has 2 aliphatic rings. The first-order chi connectivity index (χ1) is 12.2. The number of piperazine rings is 1. The maximum absolute atomic E-state index is 12.6. The fourth-order valence-electron chi connectivity index (χ4n) is 3.32. The second-order valence-electron chi connectivity index (χ2n) is 7.05. The number of rotatable bonds is 5. The van der Waals surface area contributed by atoms with Crippen molar-refractivity contribution in [2.45, 2.75) is 31.7 Å². The van der Waals surface area contributed by atoms with E-state index in [-0.39, 0.29) is 5.91 Å². The summed E-state index contributed by atoms with van der Waals surface area (Å²) in [5, 5.41) is 11.2. The number of anilines is 1. The van der Waals surface area contributed by atoms with E-state index >= 15 is 0 Å². The summed E-state index contributed by atoms with van der Waals surface area (Å²) in [7, 11) is 0. The second kappa shape index (κ2) is 6.98. The molecule has 1 saturated carbocycles. The quantitative estimate of drug-likeness (QED) is 0.874. The fourth-order valence-corrected chi connectivity index (χ4v) is 3.32. The lowest BCUT2D eigenvalue weighted by molar-refractivity contribution is -0.118. The summed E-state index contributed by atoms with van der Waals surface area (Å²) >= 11 is 0. The van der Waals surface area contributed by atoms with Crippen molar-refractivity contribution in [2.24, 2.45) is 0 Å². The predicted molar refractivity (Wildman–Crippen MR) is 98.1 cm³/mol. The van der Waals surface area contributed by atoms with Crippen LogP contribution < -0.4 is 10.6 Å². The zero-order valence-electron chi connectivity index (χ0n) is 14.6. The number of nitrogens with one attached hydrogen (secondary N) is 2. The van der Waals surface area contributed by atoms with Crippen LogP contribution in [-0.4, -0.2) is 52.8 Å². The Labute approximate surface area is 148 Å². The third-order valence-corrected chi connectivity index (χ3v) is 4.98. The van der Waals surface area contributed by atoms with Crippen LogP contribution in [-0.2, 0) is 4.79 Å². The lowest BCUT2D eigenvalue weighted by Gasteiger charge is -2.33. The largest absolute Gasteiger partial charge is 0.314 e. The summed E-state index contributed by atoms with van der Waals surface area (Å²) in [6, 6.07) is 12.4. The van der Waals surface area contributed by atoms with Gasteiger partial charge >= 0.3 is 0 Å². The van der Waals surface area contributed by atoms with Gasteiger partial charge in [0.2, 0.25) is 5.91 Å². The van der Waals surface area contributed by atoms with Gasteiger partial charge in [-0.05, 0) is 31.9 Å². The van der Waals surface area contributed by atoms with E-state index < -0.39 is 0 Å². The van der Waals surface area contributed by atoms with Gasteiger partial charge in [-0.15, -0.1) is 0 Å². The Morgan fingerprint density at radius 3 is 2.84 bits per heavy atom. The van der Waals surface area contributed by atoms with Crippen LogP contribution in [0.3, 0.4) is 0 Å². The van der Waals surface area contributed by atoms with Gasteiger partial charge in [-0.3, -0.25) is 9.69 Å². The summed E-state index contributed by atoms with van der Waals surface area (Å²) < 4.78 is 1.85. The van der Waals surface area contributed by atoms with Gasteiger partial charge in [-0.25, -0.2) is 4.68 Å². The minimum atomic E-state index is 0.0215. The van der Waals surface area contributed by atoms with Crippen LogP contribution in [0.1, 0.15) is 31.4 Å². The number of para-hydroxylation sites is 1. The molecular formula is C19H25N5O. The molecule has 6 heteroatoms. The van der Waals surface area contributed by atoms with E-state index in [0.717, 1.165) is 36.8 Å². The van der Waals surface area contributed by atoms with Crippen LogP contribution in [0.5, 0.6) is 0 Å². The molecule has 2 fully saturated rings. The molecule has 1 aliphatic heterocycles. The molecular weight excluding hydrogens is 314 g/mol. The molecule has 0 bridgehead atoms. The Bertz CT molecular complexity index is 738. The molecule has 0 unspecified atom stereocenters. The molecule has 0 radical (unpaired) electrons. The third kappa shape index (κ3) is 3.75. The molecule has 1 aliphatic carbocycles. The molecule has 1 atom stereocenters. The van der Waals surface area contributed by atoms with Gasteiger partial charge in [0, 0.05) is 37.7 Å².